The number of aromatic nitrogens is 2. The van der Waals surface area contributed by atoms with Crippen LogP contribution in [0.25, 0.3) is 10.9 Å². The number of ether oxygens (including phenoxy) is 2. The van der Waals surface area contributed by atoms with Crippen molar-refractivity contribution in [3.05, 3.63) is 45.7 Å². The van der Waals surface area contributed by atoms with Gasteiger partial charge in [-0.1, -0.05) is 15.9 Å². The molecule has 0 unspecified atom stereocenters. The van der Waals surface area contributed by atoms with Gasteiger partial charge < -0.3 is 14.8 Å². The largest absolute Gasteiger partial charge is 0.493 e. The van der Waals surface area contributed by atoms with Crippen LogP contribution in [0, 0.1) is 11.6 Å². The molecule has 0 amide bonds. The molecule has 0 spiro atoms. The summed E-state index contributed by atoms with van der Waals surface area (Å²) >= 11 is 8.97. The third kappa shape index (κ3) is 3.92. The minimum Gasteiger partial charge on any atom is -0.493 e. The van der Waals surface area contributed by atoms with Crippen LogP contribution in [0.2, 0.25) is 5.28 Å². The highest BCUT2D eigenvalue weighted by Gasteiger charge is 2.16. The molecule has 138 valence electrons. The number of fused-ring (bicyclic) bond motifs is 1. The van der Waals surface area contributed by atoms with Crippen LogP contribution < -0.4 is 14.8 Å². The first kappa shape index (κ1) is 20.4. The fourth-order valence-electron chi connectivity index (χ4n) is 2.30. The average Bonchev–Trinajstić information content (AvgIpc) is 2.56. The predicted molar refractivity (Wildman–Crippen MR) is 102 cm³/mol. The van der Waals surface area contributed by atoms with Gasteiger partial charge in [0.05, 0.1) is 19.7 Å². The lowest BCUT2D eigenvalue weighted by Gasteiger charge is -2.13. The third-order valence-corrected chi connectivity index (χ3v) is 4.05. The van der Waals surface area contributed by atoms with Gasteiger partial charge in [-0.3, -0.25) is 0 Å². The van der Waals surface area contributed by atoms with Crippen molar-refractivity contribution in [2.24, 2.45) is 0 Å². The van der Waals surface area contributed by atoms with Crippen LogP contribution in [-0.4, -0.2) is 24.2 Å². The molecular weight excluding hydrogens is 455 g/mol. The van der Waals surface area contributed by atoms with Crippen LogP contribution >= 0.6 is 39.9 Å². The summed E-state index contributed by atoms with van der Waals surface area (Å²) in [4.78, 5) is 8.14. The van der Waals surface area contributed by atoms with E-state index in [1.807, 2.05) is 0 Å². The molecular formula is C16H12BrCl2F2N3O2. The quantitative estimate of drug-likeness (QED) is 0.514. The Morgan fingerprint density at radius 3 is 2.15 bits per heavy atom. The molecule has 1 N–H and O–H groups in total. The van der Waals surface area contributed by atoms with E-state index in [0.717, 1.165) is 12.1 Å². The molecule has 0 aliphatic carbocycles. The van der Waals surface area contributed by atoms with E-state index in [9.17, 15) is 8.78 Å². The van der Waals surface area contributed by atoms with Crippen LogP contribution in [0.5, 0.6) is 11.5 Å². The fraction of sp³-hybridized carbons (Fsp3) is 0.125. The van der Waals surface area contributed by atoms with E-state index in [1.54, 1.807) is 12.1 Å². The Hall–Kier alpha value is -1.90. The molecule has 5 nitrogen and oxygen atoms in total. The number of hydrogen-bond donors (Lipinski definition) is 1. The van der Waals surface area contributed by atoms with Crippen molar-refractivity contribution < 1.29 is 18.3 Å². The summed E-state index contributed by atoms with van der Waals surface area (Å²) in [6, 6.07) is 5.47. The van der Waals surface area contributed by atoms with Crippen LogP contribution in [0.4, 0.5) is 20.3 Å². The van der Waals surface area contributed by atoms with E-state index in [4.69, 9.17) is 21.1 Å². The smallest absolute Gasteiger partial charge is 0.224 e. The summed E-state index contributed by atoms with van der Waals surface area (Å²) in [6.45, 7) is 0. The van der Waals surface area contributed by atoms with Crippen molar-refractivity contribution in [1.82, 2.24) is 9.97 Å². The Labute approximate surface area is 167 Å². The first-order valence-corrected chi connectivity index (χ1v) is 8.11. The zero-order valence-corrected chi connectivity index (χ0v) is 16.6. The molecule has 0 aliphatic heterocycles. The fourth-order valence-corrected chi connectivity index (χ4v) is 2.88. The number of nitrogens with zero attached hydrogens (tertiary/aromatic N) is 2. The molecule has 0 fully saturated rings. The molecule has 0 atom stereocenters. The van der Waals surface area contributed by atoms with Gasteiger partial charge in [0.1, 0.15) is 11.5 Å². The molecule has 26 heavy (non-hydrogen) atoms. The molecule has 0 bridgehead atoms. The zero-order chi connectivity index (χ0) is 18.1. The standard InChI is InChI=1S/C16H11BrClF2N3O2.ClH/c1-24-12-5-8-11(6-13(12)25-2)21-16(18)23-15(8)22-14-9(19)3-7(17)4-10(14)20;/h3-6H,1-2H3,(H,21,22,23);1H. The zero-order valence-electron chi connectivity index (χ0n) is 13.4. The normalized spacial score (nSPS) is 10.4. The lowest BCUT2D eigenvalue weighted by atomic mass is 10.2. The van der Waals surface area contributed by atoms with Crippen molar-refractivity contribution >= 4 is 62.3 Å². The highest BCUT2D eigenvalue weighted by molar-refractivity contribution is 9.10. The molecule has 10 heteroatoms. The summed E-state index contributed by atoms with van der Waals surface area (Å²) in [7, 11) is 2.96. The van der Waals surface area contributed by atoms with Crippen LogP contribution in [0.15, 0.2) is 28.7 Å². The predicted octanol–water partition coefficient (Wildman–Crippen LogP) is 5.51. The number of halogens is 5. The summed E-state index contributed by atoms with van der Waals surface area (Å²) < 4.78 is 39.0. The second-order valence-corrected chi connectivity index (χ2v) is 6.19. The summed E-state index contributed by atoms with van der Waals surface area (Å²) in [5.41, 5.74) is 0.0760. The highest BCUT2D eigenvalue weighted by atomic mass is 79.9. The van der Waals surface area contributed by atoms with Gasteiger partial charge in [0, 0.05) is 15.9 Å². The minimum atomic E-state index is -0.782. The lowest BCUT2D eigenvalue weighted by molar-refractivity contribution is 0.356. The Balaban J connectivity index is 0.00000243. The van der Waals surface area contributed by atoms with E-state index >= 15 is 0 Å². The number of benzene rings is 2. The third-order valence-electron chi connectivity index (χ3n) is 3.42. The number of nitrogens with one attached hydrogen (secondary N) is 1. The van der Waals surface area contributed by atoms with Gasteiger partial charge in [-0.2, -0.15) is 4.98 Å². The average molecular weight is 467 g/mol. The van der Waals surface area contributed by atoms with Crippen LogP contribution in [0.3, 0.4) is 0 Å². The molecule has 1 aromatic heterocycles. The number of rotatable bonds is 4. The number of anilines is 2. The Bertz CT molecular complexity index is 953. The lowest BCUT2D eigenvalue weighted by Crippen LogP contribution is -2.02. The number of hydrogen-bond acceptors (Lipinski definition) is 5. The summed E-state index contributed by atoms with van der Waals surface area (Å²) in [5, 5.41) is 3.02. The van der Waals surface area contributed by atoms with Gasteiger partial charge in [0.25, 0.3) is 0 Å². The first-order chi connectivity index (χ1) is 11.9. The maximum Gasteiger partial charge on any atom is 0.224 e. The van der Waals surface area contributed by atoms with E-state index in [-0.39, 0.29) is 33.7 Å². The number of methoxy groups -OCH3 is 2. The second-order valence-electron chi connectivity index (χ2n) is 4.94. The van der Waals surface area contributed by atoms with Gasteiger partial charge in [-0.05, 0) is 29.8 Å². The molecule has 2 aromatic carbocycles. The van der Waals surface area contributed by atoms with Crippen molar-refractivity contribution in [1.29, 1.82) is 0 Å². The van der Waals surface area contributed by atoms with Gasteiger partial charge in [-0.25, -0.2) is 13.8 Å². The molecule has 3 rings (SSSR count). The molecule has 1 heterocycles. The SMILES string of the molecule is COc1cc2nc(Cl)nc(Nc3c(F)cc(Br)cc3F)c2cc1OC.Cl. The Morgan fingerprint density at radius 2 is 1.58 bits per heavy atom. The van der Waals surface area contributed by atoms with E-state index in [1.165, 1.54) is 14.2 Å². The monoisotopic (exact) mass is 465 g/mol. The maximum absolute atomic E-state index is 14.1. The Morgan fingerprint density at radius 1 is 1.00 bits per heavy atom. The minimum absolute atomic E-state index is 0. The summed E-state index contributed by atoms with van der Waals surface area (Å²) in [5.74, 6) is -0.570. The van der Waals surface area contributed by atoms with Crippen molar-refractivity contribution in [2.75, 3.05) is 19.5 Å². The van der Waals surface area contributed by atoms with Gasteiger partial charge in [0.15, 0.2) is 23.1 Å². The van der Waals surface area contributed by atoms with E-state index in [2.05, 4.69) is 31.2 Å². The van der Waals surface area contributed by atoms with Crippen molar-refractivity contribution in [2.45, 2.75) is 0 Å². The topological polar surface area (TPSA) is 56.3 Å². The molecule has 0 radical (unpaired) electrons. The Kier molecular flexibility index (Phi) is 6.44. The molecule has 0 aliphatic rings. The van der Waals surface area contributed by atoms with Crippen LogP contribution in [0.1, 0.15) is 0 Å². The van der Waals surface area contributed by atoms with Crippen molar-refractivity contribution in [3.8, 4) is 11.5 Å². The first-order valence-electron chi connectivity index (χ1n) is 6.93. The molecule has 3 aromatic rings. The summed E-state index contributed by atoms with van der Waals surface area (Å²) in [6.07, 6.45) is 0. The van der Waals surface area contributed by atoms with E-state index in [0.29, 0.717) is 22.4 Å². The highest BCUT2D eigenvalue weighted by Crippen LogP contribution is 2.36. The van der Waals surface area contributed by atoms with Crippen LogP contribution in [-0.2, 0) is 0 Å². The van der Waals surface area contributed by atoms with Gasteiger partial charge in [0.2, 0.25) is 5.28 Å². The molecule has 0 saturated carbocycles. The van der Waals surface area contributed by atoms with Gasteiger partial charge >= 0.3 is 0 Å². The van der Waals surface area contributed by atoms with Crippen molar-refractivity contribution in [3.63, 3.8) is 0 Å². The second kappa shape index (κ2) is 8.20. The molecule has 0 saturated heterocycles. The maximum atomic E-state index is 14.1. The van der Waals surface area contributed by atoms with E-state index < -0.39 is 11.6 Å². The van der Waals surface area contributed by atoms with Gasteiger partial charge in [-0.15, -0.1) is 12.4 Å².